The molecule has 6 aromatic carbocycles. The van der Waals surface area contributed by atoms with E-state index in [2.05, 4.69) is 99.0 Å². The quantitative estimate of drug-likeness (QED) is 0.198. The summed E-state index contributed by atoms with van der Waals surface area (Å²) < 4.78 is 4.62. The number of aromatic nitrogens is 6. The van der Waals surface area contributed by atoms with E-state index in [0.717, 1.165) is 65.8 Å². The fraction of sp³-hybridized carbons (Fsp3) is 0. The van der Waals surface area contributed by atoms with Crippen molar-refractivity contribution in [1.29, 1.82) is 0 Å². The van der Waals surface area contributed by atoms with Gasteiger partial charge in [-0.3, -0.25) is 9.55 Å². The summed E-state index contributed by atoms with van der Waals surface area (Å²) in [5.74, 6) is 1.82. The Morgan fingerprint density at radius 3 is 1.73 bits per heavy atom. The van der Waals surface area contributed by atoms with Gasteiger partial charge in [0.25, 0.3) is 0 Å². The average Bonchev–Trinajstić information content (AvgIpc) is 3.67. The van der Waals surface area contributed by atoms with Crippen molar-refractivity contribution in [2.24, 2.45) is 0 Å². The van der Waals surface area contributed by atoms with Crippen LogP contribution < -0.4 is 0 Å². The van der Waals surface area contributed by atoms with Gasteiger partial charge >= 0.3 is 0 Å². The van der Waals surface area contributed by atoms with Gasteiger partial charge in [-0.1, -0.05) is 109 Å². The molecule has 0 radical (unpaired) electrons. The van der Waals surface area contributed by atoms with Gasteiger partial charge in [0.2, 0.25) is 5.95 Å². The summed E-state index contributed by atoms with van der Waals surface area (Å²) in [6, 6.07) is 50.5. The number of benzene rings is 6. The van der Waals surface area contributed by atoms with Crippen LogP contribution >= 0.6 is 0 Å². The summed E-state index contributed by atoms with van der Waals surface area (Å²) in [6.07, 6.45) is 3.80. The van der Waals surface area contributed by atoms with E-state index in [4.69, 9.17) is 15.0 Å². The first kappa shape index (κ1) is 26.5. The summed E-state index contributed by atoms with van der Waals surface area (Å²) in [4.78, 5) is 19.8. The van der Waals surface area contributed by atoms with Gasteiger partial charge in [-0.15, -0.1) is 0 Å². The van der Waals surface area contributed by atoms with Crippen LogP contribution in [0.1, 0.15) is 0 Å². The van der Waals surface area contributed by atoms with E-state index in [-0.39, 0.29) is 0 Å². The van der Waals surface area contributed by atoms with Crippen LogP contribution in [0.4, 0.5) is 0 Å². The van der Waals surface area contributed by atoms with Crippen LogP contribution in [0.25, 0.3) is 88.8 Å². The molecule has 10 rings (SSSR count). The van der Waals surface area contributed by atoms with Gasteiger partial charge in [0.15, 0.2) is 11.6 Å². The second-order valence-electron chi connectivity index (χ2n) is 12.0. The molecule has 0 aliphatic rings. The van der Waals surface area contributed by atoms with E-state index >= 15 is 0 Å². The van der Waals surface area contributed by atoms with Crippen molar-refractivity contribution in [2.75, 3.05) is 0 Å². The largest absolute Gasteiger partial charge is 0.307 e. The molecule has 0 saturated carbocycles. The first-order valence-corrected chi connectivity index (χ1v) is 16.0. The van der Waals surface area contributed by atoms with Gasteiger partial charge in [-0.2, -0.15) is 9.97 Å². The maximum absolute atomic E-state index is 5.20. The summed E-state index contributed by atoms with van der Waals surface area (Å²) in [6.45, 7) is 0. The number of pyridine rings is 1. The van der Waals surface area contributed by atoms with E-state index in [1.54, 1.807) is 0 Å². The molecule has 6 heteroatoms. The molecule has 4 heterocycles. The van der Waals surface area contributed by atoms with Crippen LogP contribution in [0.5, 0.6) is 0 Å². The van der Waals surface area contributed by atoms with Crippen molar-refractivity contribution in [3.63, 3.8) is 0 Å². The molecule has 10 aromatic rings. The number of hydrogen-bond donors (Lipinski definition) is 0. The molecule has 48 heavy (non-hydrogen) atoms. The number of rotatable bonds is 4. The zero-order valence-corrected chi connectivity index (χ0v) is 25.7. The molecule has 0 atom stereocenters. The Bertz CT molecular complexity index is 2760. The van der Waals surface area contributed by atoms with Crippen LogP contribution in [-0.4, -0.2) is 29.1 Å². The average molecular weight is 615 g/mol. The number of fused-ring (bicyclic) bond motifs is 8. The molecule has 6 nitrogen and oxygen atoms in total. The van der Waals surface area contributed by atoms with Gasteiger partial charge in [-0.25, -0.2) is 4.98 Å². The number of hydrogen-bond acceptors (Lipinski definition) is 4. The van der Waals surface area contributed by atoms with Gasteiger partial charge in [-0.05, 0) is 41.8 Å². The minimum atomic E-state index is 0.570. The molecule has 0 unspecified atom stereocenters. The second-order valence-corrected chi connectivity index (χ2v) is 12.0. The Morgan fingerprint density at radius 2 is 1.02 bits per heavy atom. The third-order valence-electron chi connectivity index (χ3n) is 9.22. The summed E-state index contributed by atoms with van der Waals surface area (Å²) in [7, 11) is 0. The Hall–Kier alpha value is -6.66. The van der Waals surface area contributed by atoms with Crippen molar-refractivity contribution < 1.29 is 0 Å². The third kappa shape index (κ3) is 3.99. The second kappa shape index (κ2) is 10.4. The van der Waals surface area contributed by atoms with Crippen LogP contribution in [-0.2, 0) is 0 Å². The van der Waals surface area contributed by atoms with Crippen molar-refractivity contribution in [3.05, 3.63) is 158 Å². The minimum absolute atomic E-state index is 0.570. The van der Waals surface area contributed by atoms with Crippen LogP contribution in [0.3, 0.4) is 0 Å². The predicted octanol–water partition coefficient (Wildman–Crippen LogP) is 9.95. The zero-order chi connectivity index (χ0) is 31.6. The highest BCUT2D eigenvalue weighted by molar-refractivity contribution is 6.24. The van der Waals surface area contributed by atoms with Crippen molar-refractivity contribution >= 4 is 54.4 Å². The zero-order valence-electron chi connectivity index (χ0n) is 25.7. The van der Waals surface area contributed by atoms with Crippen molar-refractivity contribution in [1.82, 2.24) is 29.1 Å². The lowest BCUT2D eigenvalue weighted by Gasteiger charge is -2.13. The smallest absolute Gasteiger partial charge is 0.238 e. The SMILES string of the molecule is c1ccc(-c2nc(-c3ccccc3)nc(-n3c4ccccc4c4ccc5c6cc7cnccc7cc6n(-c6ccccc6)c5c43)n2)cc1. The van der Waals surface area contributed by atoms with E-state index in [1.165, 1.54) is 5.39 Å². The molecule has 0 aliphatic heterocycles. The molecule has 0 spiro atoms. The van der Waals surface area contributed by atoms with Crippen LogP contribution in [0.2, 0.25) is 0 Å². The minimum Gasteiger partial charge on any atom is -0.307 e. The molecule has 224 valence electrons. The highest BCUT2D eigenvalue weighted by Crippen LogP contribution is 2.42. The van der Waals surface area contributed by atoms with E-state index in [9.17, 15) is 0 Å². The molecular formula is C42H26N6. The summed E-state index contributed by atoms with van der Waals surface area (Å²) in [5, 5.41) is 6.83. The monoisotopic (exact) mass is 614 g/mol. The van der Waals surface area contributed by atoms with Gasteiger partial charge in [0.1, 0.15) is 0 Å². The molecule has 0 bridgehead atoms. The third-order valence-corrected chi connectivity index (χ3v) is 9.22. The van der Waals surface area contributed by atoms with Gasteiger partial charge in [0.05, 0.1) is 22.1 Å². The van der Waals surface area contributed by atoms with E-state index < -0.39 is 0 Å². The highest BCUT2D eigenvalue weighted by atomic mass is 15.2. The summed E-state index contributed by atoms with van der Waals surface area (Å²) >= 11 is 0. The Balaban J connectivity index is 1.41. The first-order chi connectivity index (χ1) is 23.8. The molecule has 4 aromatic heterocycles. The fourth-order valence-electron chi connectivity index (χ4n) is 7.08. The lowest BCUT2D eigenvalue weighted by atomic mass is 10.1. The van der Waals surface area contributed by atoms with Gasteiger partial charge in [0, 0.05) is 56.1 Å². The maximum atomic E-state index is 5.20. The fourth-order valence-corrected chi connectivity index (χ4v) is 7.08. The normalized spacial score (nSPS) is 11.8. The Labute approximate surface area is 275 Å². The number of para-hydroxylation sites is 2. The lowest BCUT2D eigenvalue weighted by molar-refractivity contribution is 0.953. The molecule has 0 fully saturated rings. The Morgan fingerprint density at radius 1 is 0.417 bits per heavy atom. The van der Waals surface area contributed by atoms with Crippen LogP contribution in [0.15, 0.2) is 158 Å². The summed E-state index contributed by atoms with van der Waals surface area (Å²) in [5.41, 5.74) is 7.25. The molecule has 0 saturated heterocycles. The van der Waals surface area contributed by atoms with Crippen molar-refractivity contribution in [2.45, 2.75) is 0 Å². The standard InChI is InChI=1S/C42H26N6/c1-4-12-27(13-5-1)40-44-41(28-14-6-2-7-15-28)46-42(45-40)48-36-19-11-10-18-32(36)33-20-21-34-35-24-30-26-43-23-22-29(30)25-37(35)47(38(34)39(33)48)31-16-8-3-9-17-31/h1-26H. The van der Waals surface area contributed by atoms with E-state index in [1.807, 2.05) is 73.1 Å². The topological polar surface area (TPSA) is 61.4 Å². The highest BCUT2D eigenvalue weighted by Gasteiger charge is 2.23. The number of nitrogens with zero attached hydrogens (tertiary/aromatic N) is 6. The van der Waals surface area contributed by atoms with Crippen molar-refractivity contribution in [3.8, 4) is 34.4 Å². The first-order valence-electron chi connectivity index (χ1n) is 16.0. The van der Waals surface area contributed by atoms with Crippen LogP contribution in [0, 0.1) is 0 Å². The lowest BCUT2D eigenvalue weighted by Crippen LogP contribution is -2.07. The molecule has 0 N–H and O–H groups in total. The molecule has 0 amide bonds. The Kier molecular flexibility index (Phi) is 5.77. The maximum Gasteiger partial charge on any atom is 0.238 e. The molecular weight excluding hydrogens is 589 g/mol. The van der Waals surface area contributed by atoms with E-state index in [0.29, 0.717) is 17.6 Å². The molecule has 0 aliphatic carbocycles. The van der Waals surface area contributed by atoms with Gasteiger partial charge < -0.3 is 4.57 Å². The predicted molar refractivity (Wildman–Crippen MR) is 195 cm³/mol.